The molecule has 0 saturated heterocycles. The van der Waals surface area contributed by atoms with Gasteiger partial charge in [0.1, 0.15) is 0 Å². The summed E-state index contributed by atoms with van der Waals surface area (Å²) in [6.07, 6.45) is 0. The molecule has 0 fully saturated rings. The smallest absolute Gasteiger partial charge is 0.218 e. The number of rotatable bonds is 3. The Morgan fingerprint density at radius 3 is 2.35 bits per heavy atom. The molecule has 0 heterocycles. The number of nitrogens with one attached hydrogen (secondary N) is 1. The van der Waals surface area contributed by atoms with Gasteiger partial charge in [-0.3, -0.25) is 5.43 Å². The molecule has 4 heteroatoms. The Morgan fingerprint density at radius 1 is 1.10 bits per heavy atom. The number of hydrazine groups is 1. The number of anilines is 1. The predicted octanol–water partition coefficient (Wildman–Crippen LogP) is 2.97. The second-order valence-electron chi connectivity index (χ2n) is 4.45. The normalized spacial score (nSPS) is 11.2. The van der Waals surface area contributed by atoms with E-state index in [0.717, 1.165) is 17.9 Å². The molecule has 4 nitrogen and oxygen atoms in total. The van der Waals surface area contributed by atoms with Gasteiger partial charge in [0.15, 0.2) is 0 Å². The van der Waals surface area contributed by atoms with Gasteiger partial charge in [0.05, 0.1) is 5.69 Å². The maximum absolute atomic E-state index is 5.66. The Kier molecular flexibility index (Phi) is 4.74. The van der Waals surface area contributed by atoms with Gasteiger partial charge in [-0.1, -0.05) is 36.4 Å². The summed E-state index contributed by atoms with van der Waals surface area (Å²) in [5, 5.41) is 0. The van der Waals surface area contributed by atoms with Gasteiger partial charge in [-0.05, 0) is 37.6 Å². The van der Waals surface area contributed by atoms with Crippen LogP contribution in [0, 0.1) is 6.92 Å². The highest BCUT2D eigenvalue weighted by Gasteiger charge is 2.12. The summed E-state index contributed by atoms with van der Waals surface area (Å²) in [6, 6.07) is 18.0. The Labute approximate surface area is 119 Å². The lowest BCUT2D eigenvalue weighted by Crippen LogP contribution is -2.45. The maximum Gasteiger partial charge on any atom is 0.218 e. The molecule has 0 amide bonds. The van der Waals surface area contributed by atoms with Gasteiger partial charge in [0.25, 0.3) is 0 Å². The quantitative estimate of drug-likeness (QED) is 0.389. The first kappa shape index (κ1) is 14.1. The number of guanidine groups is 1. The van der Waals surface area contributed by atoms with Crippen LogP contribution in [0.1, 0.15) is 12.5 Å². The highest BCUT2D eigenvalue weighted by molar-refractivity contribution is 5.97. The predicted molar refractivity (Wildman–Crippen MR) is 85.1 cm³/mol. The van der Waals surface area contributed by atoms with Crippen molar-refractivity contribution in [1.29, 1.82) is 0 Å². The minimum absolute atomic E-state index is 0.632. The molecule has 2 aromatic rings. The van der Waals surface area contributed by atoms with Gasteiger partial charge in [-0.15, -0.1) is 0 Å². The zero-order valence-electron chi connectivity index (χ0n) is 11.9. The largest absolute Gasteiger partial charge is 0.311 e. The zero-order chi connectivity index (χ0) is 14.4. The lowest BCUT2D eigenvalue weighted by molar-refractivity contribution is 0.931. The Balaban J connectivity index is 2.38. The number of aryl methyl sites for hydroxylation is 1. The first-order valence-corrected chi connectivity index (χ1v) is 6.69. The van der Waals surface area contributed by atoms with E-state index < -0.39 is 0 Å². The first-order valence-electron chi connectivity index (χ1n) is 6.69. The van der Waals surface area contributed by atoms with Crippen molar-refractivity contribution in [1.82, 2.24) is 5.43 Å². The minimum atomic E-state index is 0.632. The molecule has 0 unspecified atom stereocenters. The highest BCUT2D eigenvalue weighted by atomic mass is 15.4. The molecule has 0 spiro atoms. The van der Waals surface area contributed by atoms with Crippen LogP contribution in [-0.4, -0.2) is 12.5 Å². The molecule has 0 aromatic heterocycles. The molecule has 0 saturated carbocycles. The average Bonchev–Trinajstić information content (AvgIpc) is 2.49. The van der Waals surface area contributed by atoms with Crippen molar-refractivity contribution in [2.45, 2.75) is 13.8 Å². The second-order valence-corrected chi connectivity index (χ2v) is 4.45. The van der Waals surface area contributed by atoms with Gasteiger partial charge in [-0.2, -0.15) is 0 Å². The molecule has 0 aliphatic rings. The van der Waals surface area contributed by atoms with Crippen LogP contribution in [0.4, 0.5) is 11.4 Å². The van der Waals surface area contributed by atoms with E-state index in [4.69, 9.17) is 5.84 Å². The van der Waals surface area contributed by atoms with E-state index in [1.165, 1.54) is 5.56 Å². The number of nitrogens with two attached hydrogens (primary N) is 1. The fourth-order valence-electron chi connectivity index (χ4n) is 2.10. The number of benzene rings is 2. The summed E-state index contributed by atoms with van der Waals surface area (Å²) in [4.78, 5) is 6.63. The maximum atomic E-state index is 5.66. The Hall–Kier alpha value is -2.33. The van der Waals surface area contributed by atoms with Gasteiger partial charge in [0.2, 0.25) is 5.96 Å². The van der Waals surface area contributed by atoms with Crippen molar-refractivity contribution in [3.63, 3.8) is 0 Å². The van der Waals surface area contributed by atoms with Crippen molar-refractivity contribution in [3.8, 4) is 0 Å². The molecule has 0 atom stereocenters. The zero-order valence-corrected chi connectivity index (χ0v) is 11.9. The van der Waals surface area contributed by atoms with E-state index in [1.807, 2.05) is 42.5 Å². The third kappa shape index (κ3) is 3.16. The van der Waals surface area contributed by atoms with E-state index in [1.54, 1.807) is 0 Å². The number of para-hydroxylation sites is 2. The summed E-state index contributed by atoms with van der Waals surface area (Å²) in [7, 11) is 0. The van der Waals surface area contributed by atoms with E-state index in [0.29, 0.717) is 5.96 Å². The molecule has 0 aliphatic heterocycles. The highest BCUT2D eigenvalue weighted by Crippen LogP contribution is 2.20. The summed E-state index contributed by atoms with van der Waals surface area (Å²) in [6.45, 7) is 4.93. The van der Waals surface area contributed by atoms with E-state index in [9.17, 15) is 0 Å². The van der Waals surface area contributed by atoms with Crippen LogP contribution in [0.3, 0.4) is 0 Å². The van der Waals surface area contributed by atoms with E-state index in [2.05, 4.69) is 41.3 Å². The molecule has 2 aromatic carbocycles. The molecule has 20 heavy (non-hydrogen) atoms. The standard InChI is InChI=1S/C16H20N4/c1-3-20(15-12-8-7-9-13(15)2)16(19-17)18-14-10-5-4-6-11-14/h4-12H,3,17H2,1-2H3,(H,18,19). The molecule has 0 bridgehead atoms. The first-order chi connectivity index (χ1) is 9.76. The van der Waals surface area contributed by atoms with Crippen LogP contribution in [0.2, 0.25) is 0 Å². The van der Waals surface area contributed by atoms with Crippen LogP contribution in [0.15, 0.2) is 59.6 Å². The van der Waals surface area contributed by atoms with Crippen LogP contribution >= 0.6 is 0 Å². The van der Waals surface area contributed by atoms with Crippen molar-refractivity contribution in [3.05, 3.63) is 60.2 Å². The van der Waals surface area contributed by atoms with E-state index in [-0.39, 0.29) is 0 Å². The fraction of sp³-hybridized carbons (Fsp3) is 0.188. The summed E-state index contributed by atoms with van der Waals surface area (Å²) in [5.74, 6) is 6.29. The molecular weight excluding hydrogens is 248 g/mol. The van der Waals surface area contributed by atoms with Crippen molar-refractivity contribution in [2.24, 2.45) is 10.8 Å². The van der Waals surface area contributed by atoms with E-state index >= 15 is 0 Å². The van der Waals surface area contributed by atoms with Crippen molar-refractivity contribution < 1.29 is 0 Å². The number of nitrogens with zero attached hydrogens (tertiary/aromatic N) is 2. The summed E-state index contributed by atoms with van der Waals surface area (Å²) >= 11 is 0. The molecule has 0 radical (unpaired) electrons. The summed E-state index contributed by atoms with van der Waals surface area (Å²) in [5.41, 5.74) is 5.86. The third-order valence-corrected chi connectivity index (χ3v) is 3.10. The van der Waals surface area contributed by atoms with Crippen LogP contribution < -0.4 is 16.2 Å². The molecule has 0 aliphatic carbocycles. The van der Waals surface area contributed by atoms with Gasteiger partial charge >= 0.3 is 0 Å². The monoisotopic (exact) mass is 268 g/mol. The number of hydrogen-bond donors (Lipinski definition) is 2. The van der Waals surface area contributed by atoms with Crippen molar-refractivity contribution in [2.75, 3.05) is 11.4 Å². The molecule has 3 N–H and O–H groups in total. The molecule has 2 rings (SSSR count). The number of hydrogen-bond acceptors (Lipinski definition) is 2. The number of aliphatic imine (C=N–C) groups is 1. The Morgan fingerprint density at radius 2 is 1.75 bits per heavy atom. The molecular formula is C16H20N4. The van der Waals surface area contributed by atoms with Crippen LogP contribution in [0.25, 0.3) is 0 Å². The second kappa shape index (κ2) is 6.73. The van der Waals surface area contributed by atoms with Crippen LogP contribution in [0.5, 0.6) is 0 Å². The lowest BCUT2D eigenvalue weighted by Gasteiger charge is -2.25. The molecule has 104 valence electrons. The topological polar surface area (TPSA) is 53.6 Å². The Bertz CT molecular complexity index is 578. The fourth-order valence-corrected chi connectivity index (χ4v) is 2.10. The van der Waals surface area contributed by atoms with Gasteiger partial charge < -0.3 is 4.90 Å². The minimum Gasteiger partial charge on any atom is -0.311 e. The summed E-state index contributed by atoms with van der Waals surface area (Å²) < 4.78 is 0. The van der Waals surface area contributed by atoms with Gasteiger partial charge in [-0.25, -0.2) is 10.8 Å². The van der Waals surface area contributed by atoms with Crippen LogP contribution in [-0.2, 0) is 0 Å². The lowest BCUT2D eigenvalue weighted by atomic mass is 10.2. The SMILES string of the molecule is CCN(C(=Nc1ccccc1)NN)c1ccccc1C. The average molecular weight is 268 g/mol. The third-order valence-electron chi connectivity index (χ3n) is 3.10. The van der Waals surface area contributed by atoms with Gasteiger partial charge in [0, 0.05) is 12.2 Å². The van der Waals surface area contributed by atoms with Crippen molar-refractivity contribution >= 4 is 17.3 Å².